The van der Waals surface area contributed by atoms with Gasteiger partial charge in [-0.15, -0.1) is 0 Å². The number of hydrogen-bond acceptors (Lipinski definition) is 2. The highest BCUT2D eigenvalue weighted by molar-refractivity contribution is 5.92. The van der Waals surface area contributed by atoms with Crippen LogP contribution in [0.4, 0.5) is 0 Å². The number of aromatic amines is 2. The van der Waals surface area contributed by atoms with Gasteiger partial charge in [-0.25, -0.2) is 0 Å². The van der Waals surface area contributed by atoms with Crippen molar-refractivity contribution in [1.82, 2.24) is 20.6 Å². The van der Waals surface area contributed by atoms with Gasteiger partial charge in [0.15, 0.2) is 0 Å². The van der Waals surface area contributed by atoms with E-state index < -0.39 is 0 Å². The summed E-state index contributed by atoms with van der Waals surface area (Å²) in [7, 11) is 0. The number of carbonyl (C=O) groups excluding carboxylic acids is 1. The molecule has 5 rings (SSSR count). The molecule has 0 bridgehead atoms. The second-order valence-electron chi connectivity index (χ2n) is 6.48. The molecule has 5 heteroatoms. The van der Waals surface area contributed by atoms with Gasteiger partial charge in [-0.05, 0) is 17.7 Å². The van der Waals surface area contributed by atoms with E-state index >= 15 is 0 Å². The van der Waals surface area contributed by atoms with Crippen LogP contribution in [-0.4, -0.2) is 22.4 Å². The Balaban J connectivity index is 1.54. The van der Waals surface area contributed by atoms with Gasteiger partial charge in [0, 0.05) is 46.3 Å². The number of para-hydroxylation sites is 2. The number of fused-ring (bicyclic) bond motifs is 2. The lowest BCUT2D eigenvalue weighted by molar-refractivity contribution is -0.125. The van der Waals surface area contributed by atoms with Gasteiger partial charge < -0.3 is 15.3 Å². The average molecular weight is 330 g/mol. The molecular weight excluding hydrogens is 312 g/mol. The minimum atomic E-state index is -0.372. The molecule has 2 aromatic carbocycles. The Labute approximate surface area is 144 Å². The molecule has 25 heavy (non-hydrogen) atoms. The van der Waals surface area contributed by atoms with Gasteiger partial charge in [0.1, 0.15) is 6.04 Å². The Kier molecular flexibility index (Phi) is 3.15. The highest BCUT2D eigenvalue weighted by atomic mass is 16.2. The third-order valence-corrected chi connectivity index (χ3v) is 5.04. The molecule has 0 saturated carbocycles. The first-order valence-electron chi connectivity index (χ1n) is 8.47. The fraction of sp³-hybridized carbons (Fsp3) is 0.150. The minimum absolute atomic E-state index is 0.0147. The van der Waals surface area contributed by atoms with Crippen LogP contribution in [0.15, 0.2) is 60.9 Å². The van der Waals surface area contributed by atoms with Gasteiger partial charge in [-0.1, -0.05) is 36.4 Å². The van der Waals surface area contributed by atoms with Crippen molar-refractivity contribution >= 4 is 27.7 Å². The zero-order valence-corrected chi connectivity index (χ0v) is 13.5. The van der Waals surface area contributed by atoms with Crippen molar-refractivity contribution in [2.75, 3.05) is 6.54 Å². The molecule has 5 nitrogen and oxygen atoms in total. The predicted molar refractivity (Wildman–Crippen MR) is 98.2 cm³/mol. The van der Waals surface area contributed by atoms with Crippen LogP contribution in [0, 0.1) is 0 Å². The second-order valence-corrected chi connectivity index (χ2v) is 6.48. The van der Waals surface area contributed by atoms with Crippen LogP contribution >= 0.6 is 0 Å². The van der Waals surface area contributed by atoms with E-state index in [4.69, 9.17) is 0 Å². The van der Waals surface area contributed by atoms with Crippen molar-refractivity contribution in [3.63, 3.8) is 0 Å². The average Bonchev–Trinajstić information content (AvgIpc) is 3.26. The maximum atomic E-state index is 12.5. The largest absolute Gasteiger partial charge is 0.361 e. The molecule has 2 aromatic heterocycles. The van der Waals surface area contributed by atoms with E-state index in [1.807, 2.05) is 48.8 Å². The van der Waals surface area contributed by atoms with Crippen molar-refractivity contribution in [3.8, 4) is 0 Å². The van der Waals surface area contributed by atoms with Gasteiger partial charge in [0.05, 0.1) is 6.04 Å². The Hall–Kier alpha value is -3.05. The third kappa shape index (κ3) is 2.24. The van der Waals surface area contributed by atoms with Crippen LogP contribution in [0.5, 0.6) is 0 Å². The standard InChI is InChI=1S/C20H18N4O/c25-20-19(15-10-22-17-8-4-2-6-13(15)17)24-18(11-23-20)14-9-21-16-7-3-1-5-12(14)16/h1-10,18-19,21-22,24H,11H2,(H,23,25)/t18-,19-/m0/s1. The van der Waals surface area contributed by atoms with Crippen LogP contribution in [0.25, 0.3) is 21.8 Å². The quantitative estimate of drug-likeness (QED) is 0.456. The zero-order chi connectivity index (χ0) is 16.8. The van der Waals surface area contributed by atoms with Gasteiger partial charge in [-0.3, -0.25) is 10.1 Å². The van der Waals surface area contributed by atoms with E-state index in [0.717, 1.165) is 22.0 Å². The number of H-pyrrole nitrogens is 2. The lowest BCUT2D eigenvalue weighted by Gasteiger charge is -2.31. The van der Waals surface area contributed by atoms with Crippen LogP contribution in [0.3, 0.4) is 0 Å². The molecule has 2 atom stereocenters. The number of rotatable bonds is 2. The van der Waals surface area contributed by atoms with E-state index in [1.165, 1.54) is 10.9 Å². The normalized spacial score (nSPS) is 20.9. The predicted octanol–water partition coefficient (Wildman–Crippen LogP) is 3.15. The molecule has 4 aromatic rings. The molecule has 4 N–H and O–H groups in total. The van der Waals surface area contributed by atoms with E-state index in [2.05, 4.69) is 32.7 Å². The van der Waals surface area contributed by atoms with Gasteiger partial charge in [-0.2, -0.15) is 0 Å². The van der Waals surface area contributed by atoms with Crippen LogP contribution in [0.1, 0.15) is 23.2 Å². The molecule has 1 saturated heterocycles. The lowest BCUT2D eigenvalue weighted by atomic mass is 9.98. The summed E-state index contributed by atoms with van der Waals surface area (Å²) >= 11 is 0. The SMILES string of the molecule is O=C1NC[C@@H](c2c[nH]c3ccccc23)N[C@H]1c1c[nH]c2ccccc12. The van der Waals surface area contributed by atoms with E-state index in [1.54, 1.807) is 0 Å². The van der Waals surface area contributed by atoms with Crippen LogP contribution < -0.4 is 10.6 Å². The molecule has 0 unspecified atom stereocenters. The maximum absolute atomic E-state index is 12.5. The summed E-state index contributed by atoms with van der Waals surface area (Å²) in [6, 6.07) is 16.0. The van der Waals surface area contributed by atoms with E-state index in [9.17, 15) is 4.79 Å². The summed E-state index contributed by atoms with van der Waals surface area (Å²) < 4.78 is 0. The number of hydrogen-bond donors (Lipinski definition) is 4. The molecule has 1 fully saturated rings. The summed E-state index contributed by atoms with van der Waals surface area (Å²) in [5, 5.41) is 8.87. The molecule has 0 radical (unpaired) electrons. The molecule has 0 spiro atoms. The fourth-order valence-electron chi connectivity index (χ4n) is 3.79. The molecule has 1 amide bonds. The molecular formula is C20H18N4O. The van der Waals surface area contributed by atoms with E-state index in [0.29, 0.717) is 6.54 Å². The molecule has 124 valence electrons. The molecule has 1 aliphatic heterocycles. The van der Waals surface area contributed by atoms with Crippen molar-refractivity contribution in [2.45, 2.75) is 12.1 Å². The first-order chi connectivity index (χ1) is 12.3. The first-order valence-corrected chi connectivity index (χ1v) is 8.47. The number of aromatic nitrogens is 2. The monoisotopic (exact) mass is 330 g/mol. The zero-order valence-electron chi connectivity index (χ0n) is 13.5. The smallest absolute Gasteiger partial charge is 0.241 e. The van der Waals surface area contributed by atoms with Crippen molar-refractivity contribution in [3.05, 3.63) is 72.1 Å². The van der Waals surface area contributed by atoms with Gasteiger partial charge >= 0.3 is 0 Å². The summed E-state index contributed by atoms with van der Waals surface area (Å²) in [6.45, 7) is 0.583. The summed E-state index contributed by atoms with van der Waals surface area (Å²) in [5.74, 6) is 0.0147. The topological polar surface area (TPSA) is 72.7 Å². The van der Waals surface area contributed by atoms with Crippen molar-refractivity contribution in [1.29, 1.82) is 0 Å². The Morgan fingerprint density at radius 3 is 2.12 bits per heavy atom. The first kappa shape index (κ1) is 14.3. The number of nitrogens with one attached hydrogen (secondary N) is 4. The molecule has 0 aliphatic carbocycles. The highest BCUT2D eigenvalue weighted by Crippen LogP contribution is 2.31. The Bertz CT molecular complexity index is 1080. The second kappa shape index (κ2) is 5.50. The van der Waals surface area contributed by atoms with Crippen molar-refractivity contribution in [2.24, 2.45) is 0 Å². The molecule has 1 aliphatic rings. The van der Waals surface area contributed by atoms with Gasteiger partial charge in [0.2, 0.25) is 5.91 Å². The number of amides is 1. The third-order valence-electron chi connectivity index (χ3n) is 5.04. The number of benzene rings is 2. The lowest BCUT2D eigenvalue weighted by Crippen LogP contribution is -2.49. The van der Waals surface area contributed by atoms with Crippen LogP contribution in [0.2, 0.25) is 0 Å². The van der Waals surface area contributed by atoms with Crippen molar-refractivity contribution < 1.29 is 4.79 Å². The molecule has 3 heterocycles. The summed E-state index contributed by atoms with van der Waals surface area (Å²) in [5.41, 5.74) is 4.32. The number of piperazine rings is 1. The highest BCUT2D eigenvalue weighted by Gasteiger charge is 2.32. The Morgan fingerprint density at radius 2 is 1.40 bits per heavy atom. The van der Waals surface area contributed by atoms with Gasteiger partial charge in [0.25, 0.3) is 0 Å². The van der Waals surface area contributed by atoms with Crippen LogP contribution in [-0.2, 0) is 4.79 Å². The minimum Gasteiger partial charge on any atom is -0.361 e. The Morgan fingerprint density at radius 1 is 0.800 bits per heavy atom. The fourth-order valence-corrected chi connectivity index (χ4v) is 3.79. The summed E-state index contributed by atoms with van der Waals surface area (Å²) in [4.78, 5) is 19.1. The maximum Gasteiger partial charge on any atom is 0.241 e. The number of carbonyl (C=O) groups is 1. The van der Waals surface area contributed by atoms with E-state index in [-0.39, 0.29) is 18.0 Å². The summed E-state index contributed by atoms with van der Waals surface area (Å²) in [6.07, 6.45) is 3.96.